The number of urea groups is 1. The zero-order valence-electron chi connectivity index (χ0n) is 14.0. The van der Waals surface area contributed by atoms with Crippen molar-refractivity contribution in [3.8, 4) is 5.75 Å². The predicted octanol–water partition coefficient (Wildman–Crippen LogP) is 2.32. The van der Waals surface area contributed by atoms with Crippen LogP contribution in [0.3, 0.4) is 0 Å². The zero-order chi connectivity index (χ0) is 16.8. The summed E-state index contributed by atoms with van der Waals surface area (Å²) in [4.78, 5) is 26.0. The highest BCUT2D eigenvalue weighted by Crippen LogP contribution is 2.20. The number of benzene rings is 1. The van der Waals surface area contributed by atoms with Gasteiger partial charge in [0.25, 0.3) is 0 Å². The third-order valence-corrected chi connectivity index (χ3v) is 3.91. The number of anilines is 1. The Morgan fingerprint density at radius 3 is 2.35 bits per heavy atom. The summed E-state index contributed by atoms with van der Waals surface area (Å²) in [6.07, 6.45) is 1.19. The summed E-state index contributed by atoms with van der Waals surface area (Å²) in [5, 5.41) is 5.01. The Hall–Kier alpha value is -2.08. The molecule has 0 saturated carbocycles. The van der Waals surface area contributed by atoms with Crippen LogP contribution in [0.15, 0.2) is 24.3 Å². The third-order valence-electron chi connectivity index (χ3n) is 3.91. The Morgan fingerprint density at radius 1 is 1.17 bits per heavy atom. The molecule has 1 saturated heterocycles. The summed E-state index contributed by atoms with van der Waals surface area (Å²) in [6, 6.07) is 6.41. The van der Waals surface area contributed by atoms with Gasteiger partial charge >= 0.3 is 6.03 Å². The van der Waals surface area contributed by atoms with Crippen molar-refractivity contribution in [2.75, 3.05) is 32.1 Å². The van der Waals surface area contributed by atoms with Crippen LogP contribution in [0.4, 0.5) is 10.5 Å². The van der Waals surface area contributed by atoms with Crippen molar-refractivity contribution in [2.24, 2.45) is 11.8 Å². The number of piperidine rings is 1. The monoisotopic (exact) mass is 319 g/mol. The molecule has 2 atom stereocenters. The molecule has 0 aromatic heterocycles. The van der Waals surface area contributed by atoms with Gasteiger partial charge < -0.3 is 10.1 Å². The van der Waals surface area contributed by atoms with E-state index < -0.39 is 6.03 Å². The number of carbonyl (C=O) groups is 2. The van der Waals surface area contributed by atoms with Crippen LogP contribution in [-0.2, 0) is 4.79 Å². The van der Waals surface area contributed by atoms with Crippen molar-refractivity contribution in [1.29, 1.82) is 0 Å². The van der Waals surface area contributed by atoms with Crippen molar-refractivity contribution in [3.05, 3.63) is 24.3 Å². The van der Waals surface area contributed by atoms with Gasteiger partial charge in [0, 0.05) is 18.8 Å². The van der Waals surface area contributed by atoms with E-state index in [-0.39, 0.29) is 12.5 Å². The van der Waals surface area contributed by atoms with Crippen molar-refractivity contribution in [3.63, 3.8) is 0 Å². The van der Waals surface area contributed by atoms with E-state index >= 15 is 0 Å². The van der Waals surface area contributed by atoms with Crippen LogP contribution in [0, 0.1) is 11.8 Å². The number of carbonyl (C=O) groups excluding carboxylic acids is 2. The minimum absolute atomic E-state index is 0.255. The van der Waals surface area contributed by atoms with Gasteiger partial charge in [-0.05, 0) is 42.5 Å². The maximum atomic E-state index is 12.0. The van der Waals surface area contributed by atoms with Gasteiger partial charge in [0.05, 0.1) is 13.7 Å². The van der Waals surface area contributed by atoms with Crippen LogP contribution >= 0.6 is 0 Å². The number of methoxy groups -OCH3 is 1. The Balaban J connectivity index is 1.78. The molecule has 1 aliphatic heterocycles. The average molecular weight is 319 g/mol. The van der Waals surface area contributed by atoms with Crippen LogP contribution in [0.5, 0.6) is 5.75 Å². The van der Waals surface area contributed by atoms with Gasteiger partial charge in [0.1, 0.15) is 5.75 Å². The quantitative estimate of drug-likeness (QED) is 0.893. The van der Waals surface area contributed by atoms with Crippen LogP contribution < -0.4 is 15.4 Å². The highest BCUT2D eigenvalue weighted by molar-refractivity contribution is 6.01. The largest absolute Gasteiger partial charge is 0.497 e. The molecule has 6 heteroatoms. The second-order valence-electron chi connectivity index (χ2n) is 6.37. The highest BCUT2D eigenvalue weighted by atomic mass is 16.5. The molecular formula is C17H25N3O3. The summed E-state index contributed by atoms with van der Waals surface area (Å²) in [5.41, 5.74) is 0.608. The molecule has 2 unspecified atom stereocenters. The van der Waals surface area contributed by atoms with Crippen LogP contribution in [0.25, 0.3) is 0 Å². The SMILES string of the molecule is COc1ccc(NC(=O)NC(=O)CN2CC(C)CC(C)C2)cc1. The van der Waals surface area contributed by atoms with Crippen LogP contribution in [-0.4, -0.2) is 43.6 Å². The van der Waals surface area contributed by atoms with Gasteiger partial charge in [-0.3, -0.25) is 15.0 Å². The normalized spacial score (nSPS) is 21.5. The first kappa shape index (κ1) is 17.3. The Labute approximate surface area is 137 Å². The molecule has 1 heterocycles. The van der Waals surface area contributed by atoms with Crippen molar-refractivity contribution >= 4 is 17.6 Å². The molecule has 6 nitrogen and oxygen atoms in total. The number of amides is 3. The Bertz CT molecular complexity index is 535. The second-order valence-corrected chi connectivity index (χ2v) is 6.37. The number of hydrogen-bond donors (Lipinski definition) is 2. The number of nitrogens with zero attached hydrogens (tertiary/aromatic N) is 1. The summed E-state index contributed by atoms with van der Waals surface area (Å²) >= 11 is 0. The first-order valence-corrected chi connectivity index (χ1v) is 7.93. The molecule has 126 valence electrons. The van der Waals surface area contributed by atoms with E-state index in [4.69, 9.17) is 4.74 Å². The molecule has 0 radical (unpaired) electrons. The third kappa shape index (κ3) is 5.56. The highest BCUT2D eigenvalue weighted by Gasteiger charge is 2.23. The molecule has 2 rings (SSSR count). The molecular weight excluding hydrogens is 294 g/mol. The summed E-state index contributed by atoms with van der Waals surface area (Å²) in [5.74, 6) is 1.59. The van der Waals surface area contributed by atoms with E-state index in [0.29, 0.717) is 23.3 Å². The maximum Gasteiger partial charge on any atom is 0.325 e. The molecule has 1 aromatic carbocycles. The predicted molar refractivity (Wildman–Crippen MR) is 89.5 cm³/mol. The minimum Gasteiger partial charge on any atom is -0.497 e. The van der Waals surface area contributed by atoms with Gasteiger partial charge in [-0.25, -0.2) is 4.79 Å². The zero-order valence-corrected chi connectivity index (χ0v) is 14.0. The average Bonchev–Trinajstić information content (AvgIpc) is 2.46. The van der Waals surface area contributed by atoms with Gasteiger partial charge in [-0.1, -0.05) is 13.8 Å². The van der Waals surface area contributed by atoms with Gasteiger partial charge in [0.2, 0.25) is 5.91 Å². The van der Waals surface area contributed by atoms with Crippen LogP contribution in [0.1, 0.15) is 20.3 Å². The standard InChI is InChI=1S/C17H25N3O3/c1-12-8-13(2)10-20(9-12)11-16(21)19-17(22)18-14-4-6-15(23-3)7-5-14/h4-7,12-13H,8-11H2,1-3H3,(H2,18,19,21,22). The topological polar surface area (TPSA) is 70.7 Å². The Morgan fingerprint density at radius 2 is 1.78 bits per heavy atom. The molecule has 3 amide bonds. The smallest absolute Gasteiger partial charge is 0.325 e. The summed E-state index contributed by atoms with van der Waals surface area (Å²) < 4.78 is 5.05. The number of ether oxygens (including phenoxy) is 1. The number of likely N-dealkylation sites (tertiary alicyclic amines) is 1. The fraction of sp³-hybridized carbons (Fsp3) is 0.529. The Kier molecular flexibility index (Phi) is 5.98. The first-order chi connectivity index (χ1) is 11.0. The lowest BCUT2D eigenvalue weighted by atomic mass is 9.92. The van der Waals surface area contributed by atoms with Gasteiger partial charge in [-0.15, -0.1) is 0 Å². The van der Waals surface area contributed by atoms with E-state index in [1.54, 1.807) is 31.4 Å². The summed E-state index contributed by atoms with van der Waals surface area (Å²) in [7, 11) is 1.58. The van der Waals surface area contributed by atoms with Crippen molar-refractivity contribution < 1.29 is 14.3 Å². The molecule has 0 bridgehead atoms. The van der Waals surface area contributed by atoms with E-state index in [9.17, 15) is 9.59 Å². The van der Waals surface area contributed by atoms with Crippen molar-refractivity contribution in [2.45, 2.75) is 20.3 Å². The molecule has 1 fully saturated rings. The molecule has 1 aliphatic rings. The number of hydrogen-bond acceptors (Lipinski definition) is 4. The molecule has 1 aromatic rings. The number of imide groups is 1. The van der Waals surface area contributed by atoms with E-state index in [0.717, 1.165) is 13.1 Å². The van der Waals surface area contributed by atoms with Crippen molar-refractivity contribution in [1.82, 2.24) is 10.2 Å². The van der Waals surface area contributed by atoms with E-state index in [1.807, 2.05) is 0 Å². The minimum atomic E-state index is -0.515. The fourth-order valence-electron chi connectivity index (χ4n) is 3.13. The van der Waals surface area contributed by atoms with Crippen LogP contribution in [0.2, 0.25) is 0 Å². The number of nitrogens with one attached hydrogen (secondary N) is 2. The first-order valence-electron chi connectivity index (χ1n) is 7.93. The molecule has 0 aliphatic carbocycles. The lowest BCUT2D eigenvalue weighted by Gasteiger charge is -2.34. The molecule has 0 spiro atoms. The number of rotatable bonds is 4. The lowest BCUT2D eigenvalue weighted by Crippen LogP contribution is -2.46. The fourth-order valence-corrected chi connectivity index (χ4v) is 3.13. The molecule has 2 N–H and O–H groups in total. The second kappa shape index (κ2) is 7.97. The van der Waals surface area contributed by atoms with E-state index in [2.05, 4.69) is 29.4 Å². The van der Waals surface area contributed by atoms with Gasteiger partial charge in [0.15, 0.2) is 0 Å². The lowest BCUT2D eigenvalue weighted by molar-refractivity contribution is -0.121. The maximum absolute atomic E-state index is 12.0. The summed E-state index contributed by atoms with van der Waals surface area (Å²) in [6.45, 7) is 6.44. The molecule has 23 heavy (non-hydrogen) atoms. The van der Waals surface area contributed by atoms with E-state index in [1.165, 1.54) is 6.42 Å². The van der Waals surface area contributed by atoms with Gasteiger partial charge in [-0.2, -0.15) is 0 Å².